The standard InChI is InChI=1S/C75H46N2/c1-5-22-47(23-6-1)69-56-33-13-14-34-57(56)70(48-24-7-2-8-25-48)74-62-46-64-72(59-35-21-36-60(71(59)62)73(69)74)58-42-40-52(45-63(58)75(64,49-26-9-3-10-27-49)50-28-11-4-12-29-50)77-67-39-20-17-32-55(67)61-44-51(41-43-68(61)77)76-65-37-18-15-30-53(65)54-31-16-19-38-66(54)76/h1-46H. The Morgan fingerprint density at radius 2 is 0.662 bits per heavy atom. The average molecular weight is 975 g/mol. The Labute approximate surface area is 445 Å². The van der Waals surface area contributed by atoms with Crippen LogP contribution in [0.25, 0.3) is 132 Å². The van der Waals surface area contributed by atoms with Crippen molar-refractivity contribution >= 4 is 65.2 Å². The molecule has 0 aliphatic heterocycles. The molecule has 0 saturated heterocycles. The number of benzene rings is 13. The summed E-state index contributed by atoms with van der Waals surface area (Å²) in [5.41, 5.74) is 24.2. The van der Waals surface area contributed by atoms with Gasteiger partial charge in [0.15, 0.2) is 0 Å². The topological polar surface area (TPSA) is 9.86 Å². The summed E-state index contributed by atoms with van der Waals surface area (Å²) >= 11 is 0. The van der Waals surface area contributed by atoms with Crippen molar-refractivity contribution in [1.82, 2.24) is 9.13 Å². The molecule has 2 aliphatic rings. The normalized spacial score (nSPS) is 13.0. The number of hydrogen-bond acceptors (Lipinski definition) is 0. The van der Waals surface area contributed by atoms with Gasteiger partial charge in [0.1, 0.15) is 0 Å². The lowest BCUT2D eigenvalue weighted by Gasteiger charge is -2.34. The average Bonchev–Trinajstić information content (AvgIpc) is 4.34. The second-order valence-electron chi connectivity index (χ2n) is 21.0. The van der Waals surface area contributed by atoms with Gasteiger partial charge in [0.25, 0.3) is 0 Å². The first kappa shape index (κ1) is 42.3. The van der Waals surface area contributed by atoms with Crippen LogP contribution in [-0.4, -0.2) is 9.13 Å². The predicted molar refractivity (Wildman–Crippen MR) is 323 cm³/mol. The SMILES string of the molecule is c1ccc(-c2c3c(c(-c4ccccc4)c4ccccc24)-c2cc4c(c5cccc-3c25)-c2ccc(-n3c5ccccc5c5cc(-n6c7ccccc7c7ccccc76)ccc53)cc2C4(c2ccccc2)c2ccccc2)cc1. The van der Waals surface area contributed by atoms with Crippen molar-refractivity contribution in [2.45, 2.75) is 5.41 Å². The highest BCUT2D eigenvalue weighted by Crippen LogP contribution is 2.64. The summed E-state index contributed by atoms with van der Waals surface area (Å²) in [6.07, 6.45) is 0. The summed E-state index contributed by atoms with van der Waals surface area (Å²) in [7, 11) is 0. The van der Waals surface area contributed by atoms with Gasteiger partial charge in [-0.1, -0.05) is 224 Å². The van der Waals surface area contributed by atoms with Crippen LogP contribution in [-0.2, 0) is 5.41 Å². The number of hydrogen-bond donors (Lipinski definition) is 0. The second-order valence-corrected chi connectivity index (χ2v) is 21.0. The van der Waals surface area contributed by atoms with E-state index in [1.54, 1.807) is 0 Å². The van der Waals surface area contributed by atoms with Gasteiger partial charge in [0.2, 0.25) is 0 Å². The van der Waals surface area contributed by atoms with Crippen LogP contribution in [0.2, 0.25) is 0 Å². The van der Waals surface area contributed by atoms with E-state index in [9.17, 15) is 0 Å². The van der Waals surface area contributed by atoms with E-state index in [0.717, 1.165) is 11.4 Å². The molecule has 15 aromatic rings. The third kappa shape index (κ3) is 5.68. The Balaban J connectivity index is 0.971. The van der Waals surface area contributed by atoms with Crippen LogP contribution >= 0.6 is 0 Å². The van der Waals surface area contributed by atoms with Gasteiger partial charge < -0.3 is 9.13 Å². The molecular formula is C75H46N2. The highest BCUT2D eigenvalue weighted by Gasteiger charge is 2.48. The maximum atomic E-state index is 2.62. The molecule has 2 aromatic heterocycles. The Morgan fingerprint density at radius 3 is 1.22 bits per heavy atom. The van der Waals surface area contributed by atoms with Gasteiger partial charge in [0, 0.05) is 32.9 Å². The molecule has 0 saturated carbocycles. The van der Waals surface area contributed by atoms with Gasteiger partial charge in [-0.25, -0.2) is 0 Å². The minimum atomic E-state index is -0.679. The van der Waals surface area contributed by atoms with Crippen LogP contribution in [0, 0.1) is 0 Å². The lowest BCUT2D eigenvalue weighted by atomic mass is 9.67. The minimum absolute atomic E-state index is 0.679. The summed E-state index contributed by atoms with van der Waals surface area (Å²) in [6, 6.07) is 105. The van der Waals surface area contributed by atoms with Gasteiger partial charge in [0.05, 0.1) is 27.5 Å². The third-order valence-electron chi connectivity index (χ3n) is 17.3. The number of fused-ring (bicyclic) bond motifs is 14. The van der Waals surface area contributed by atoms with E-state index in [1.165, 1.54) is 143 Å². The number of aromatic nitrogens is 2. The molecule has 0 N–H and O–H groups in total. The molecule has 0 atom stereocenters. The molecule has 2 nitrogen and oxygen atoms in total. The quantitative estimate of drug-likeness (QED) is 0.157. The van der Waals surface area contributed by atoms with E-state index in [2.05, 4.69) is 288 Å². The number of para-hydroxylation sites is 3. The van der Waals surface area contributed by atoms with Gasteiger partial charge in [-0.05, 0) is 154 Å². The zero-order valence-electron chi connectivity index (χ0n) is 42.0. The van der Waals surface area contributed by atoms with Crippen molar-refractivity contribution < 1.29 is 0 Å². The lowest BCUT2D eigenvalue weighted by Crippen LogP contribution is -2.28. The zero-order valence-corrected chi connectivity index (χ0v) is 42.0. The molecule has 0 fully saturated rings. The lowest BCUT2D eigenvalue weighted by molar-refractivity contribution is 0.768. The van der Waals surface area contributed by atoms with Crippen LogP contribution in [0.5, 0.6) is 0 Å². The highest BCUT2D eigenvalue weighted by atomic mass is 15.0. The molecule has 0 unspecified atom stereocenters. The number of rotatable bonds is 6. The first-order valence-electron chi connectivity index (χ1n) is 26.8. The highest BCUT2D eigenvalue weighted by molar-refractivity contribution is 6.30. The van der Waals surface area contributed by atoms with E-state index in [1.807, 2.05) is 0 Å². The third-order valence-corrected chi connectivity index (χ3v) is 17.3. The van der Waals surface area contributed by atoms with Gasteiger partial charge in [-0.3, -0.25) is 0 Å². The Bertz CT molecular complexity index is 4850. The molecule has 0 amide bonds. The van der Waals surface area contributed by atoms with E-state index >= 15 is 0 Å². The summed E-state index contributed by atoms with van der Waals surface area (Å²) in [5, 5.41) is 10.1. The first-order chi connectivity index (χ1) is 38.3. The Kier molecular flexibility index (Phi) is 8.80. The Morgan fingerprint density at radius 1 is 0.234 bits per heavy atom. The minimum Gasteiger partial charge on any atom is -0.309 e. The summed E-state index contributed by atoms with van der Waals surface area (Å²) in [5.74, 6) is 0. The van der Waals surface area contributed by atoms with Crippen LogP contribution in [0.15, 0.2) is 279 Å². The van der Waals surface area contributed by atoms with Crippen molar-refractivity contribution in [2.24, 2.45) is 0 Å². The molecule has 0 bridgehead atoms. The largest absolute Gasteiger partial charge is 0.309 e. The maximum Gasteiger partial charge on any atom is 0.0714 e. The van der Waals surface area contributed by atoms with Gasteiger partial charge in [-0.2, -0.15) is 0 Å². The van der Waals surface area contributed by atoms with Crippen molar-refractivity contribution in [2.75, 3.05) is 0 Å². The molecule has 2 aliphatic carbocycles. The Hall–Kier alpha value is -10.0. The molecule has 13 aromatic carbocycles. The molecule has 0 radical (unpaired) electrons. The summed E-state index contributed by atoms with van der Waals surface area (Å²) < 4.78 is 4.94. The van der Waals surface area contributed by atoms with E-state index < -0.39 is 5.41 Å². The van der Waals surface area contributed by atoms with E-state index in [-0.39, 0.29) is 0 Å². The van der Waals surface area contributed by atoms with Crippen molar-refractivity contribution in [3.63, 3.8) is 0 Å². The molecule has 0 spiro atoms. The fourth-order valence-corrected chi connectivity index (χ4v) is 14.4. The monoisotopic (exact) mass is 974 g/mol. The number of nitrogens with zero attached hydrogens (tertiary/aromatic N) is 2. The van der Waals surface area contributed by atoms with Crippen LogP contribution in [0.1, 0.15) is 22.3 Å². The summed E-state index contributed by atoms with van der Waals surface area (Å²) in [4.78, 5) is 0. The maximum absolute atomic E-state index is 2.62. The fourth-order valence-electron chi connectivity index (χ4n) is 14.4. The first-order valence-corrected chi connectivity index (χ1v) is 26.8. The molecule has 77 heavy (non-hydrogen) atoms. The van der Waals surface area contributed by atoms with Crippen LogP contribution < -0.4 is 0 Å². The van der Waals surface area contributed by atoms with Crippen molar-refractivity contribution in [1.29, 1.82) is 0 Å². The molecule has 356 valence electrons. The van der Waals surface area contributed by atoms with Gasteiger partial charge >= 0.3 is 0 Å². The summed E-state index contributed by atoms with van der Waals surface area (Å²) in [6.45, 7) is 0. The van der Waals surface area contributed by atoms with E-state index in [0.29, 0.717) is 0 Å². The molecular weight excluding hydrogens is 929 g/mol. The molecule has 2 heterocycles. The second kappa shape index (κ2) is 16.0. The predicted octanol–water partition coefficient (Wildman–Crippen LogP) is 19.5. The zero-order chi connectivity index (χ0) is 50.3. The van der Waals surface area contributed by atoms with Crippen LogP contribution in [0.3, 0.4) is 0 Å². The van der Waals surface area contributed by atoms with E-state index in [4.69, 9.17) is 0 Å². The fraction of sp³-hybridized carbons (Fsp3) is 0.0133. The van der Waals surface area contributed by atoms with Crippen molar-refractivity contribution in [3.05, 3.63) is 301 Å². The van der Waals surface area contributed by atoms with Crippen molar-refractivity contribution in [3.8, 4) is 67.0 Å². The molecule has 2 heteroatoms. The van der Waals surface area contributed by atoms with Gasteiger partial charge in [-0.15, -0.1) is 0 Å². The molecule has 17 rings (SSSR count). The smallest absolute Gasteiger partial charge is 0.0714 e. The van der Waals surface area contributed by atoms with Crippen LogP contribution in [0.4, 0.5) is 0 Å².